The average molecular weight is 261 g/mol. The van der Waals surface area contributed by atoms with Crippen LogP contribution in [0, 0.1) is 0 Å². The highest BCUT2D eigenvalue weighted by Gasteiger charge is 2.33. The van der Waals surface area contributed by atoms with Crippen molar-refractivity contribution >= 4 is 12.0 Å². The van der Waals surface area contributed by atoms with E-state index in [1.165, 1.54) is 18.2 Å². The number of carboxylic acid groups (broad SMARTS) is 1. The van der Waals surface area contributed by atoms with Gasteiger partial charge in [0, 0.05) is 6.54 Å². The Kier molecular flexibility index (Phi) is 4.33. The first kappa shape index (κ1) is 14.0. The Morgan fingerprint density at radius 1 is 1.44 bits per heavy atom. The molecule has 98 valence electrons. The number of carbonyl (C=O) groups is 1. The van der Waals surface area contributed by atoms with Gasteiger partial charge >= 0.3 is 12.3 Å². The lowest BCUT2D eigenvalue weighted by Gasteiger charge is -2.11. The number of nitrogens with two attached hydrogens (primary N) is 1. The van der Waals surface area contributed by atoms with Gasteiger partial charge in [0.2, 0.25) is 0 Å². The molecule has 0 aliphatic rings. The van der Waals surface area contributed by atoms with E-state index >= 15 is 0 Å². The maximum atomic E-state index is 12.1. The second-order valence-electron chi connectivity index (χ2n) is 3.25. The molecule has 0 aromatic heterocycles. The van der Waals surface area contributed by atoms with Crippen LogP contribution in [0.5, 0.6) is 5.75 Å². The summed E-state index contributed by atoms with van der Waals surface area (Å²) in [6, 6.07) is 3.39. The third kappa shape index (κ3) is 4.10. The van der Waals surface area contributed by atoms with E-state index in [0.29, 0.717) is 5.56 Å². The molecule has 0 radical (unpaired) electrons. The molecule has 0 saturated carbocycles. The molecule has 0 aliphatic heterocycles. The van der Waals surface area contributed by atoms with Crippen LogP contribution in [0.2, 0.25) is 0 Å². The van der Waals surface area contributed by atoms with Crippen LogP contribution in [-0.2, 0) is 0 Å². The molecule has 1 rings (SSSR count). The fourth-order valence-corrected chi connectivity index (χ4v) is 1.23. The second-order valence-corrected chi connectivity index (χ2v) is 3.25. The van der Waals surface area contributed by atoms with Crippen LogP contribution in [-0.4, -0.2) is 24.0 Å². The van der Waals surface area contributed by atoms with Crippen molar-refractivity contribution in [1.29, 1.82) is 0 Å². The minimum absolute atomic E-state index is 0.218. The van der Waals surface area contributed by atoms with Gasteiger partial charge in [-0.05, 0) is 17.7 Å². The molecule has 18 heavy (non-hydrogen) atoms. The van der Waals surface area contributed by atoms with Crippen molar-refractivity contribution in [2.75, 3.05) is 6.54 Å². The third-order valence-corrected chi connectivity index (χ3v) is 1.91. The van der Waals surface area contributed by atoms with E-state index in [1.54, 1.807) is 0 Å². The SMILES string of the molecule is NCC=Cc1ccc(C(=O)O)c(OC(F)(F)F)c1. The van der Waals surface area contributed by atoms with Crippen LogP contribution in [0.25, 0.3) is 6.08 Å². The molecule has 4 nitrogen and oxygen atoms in total. The van der Waals surface area contributed by atoms with Crippen molar-refractivity contribution in [2.45, 2.75) is 6.36 Å². The topological polar surface area (TPSA) is 72.6 Å². The highest BCUT2D eigenvalue weighted by atomic mass is 19.4. The Labute approximate surface area is 100 Å². The number of hydrogen-bond acceptors (Lipinski definition) is 3. The van der Waals surface area contributed by atoms with Gasteiger partial charge in [-0.25, -0.2) is 4.79 Å². The summed E-state index contributed by atoms with van der Waals surface area (Å²) in [5.41, 5.74) is 5.01. The first-order chi connectivity index (χ1) is 8.33. The standard InChI is InChI=1S/C11H10F3NO3/c12-11(13,14)18-9-6-7(2-1-5-15)3-4-8(9)10(16)17/h1-4,6H,5,15H2,(H,16,17). The van der Waals surface area contributed by atoms with Gasteiger partial charge in [0.15, 0.2) is 0 Å². The van der Waals surface area contributed by atoms with Crippen molar-refractivity contribution in [3.05, 3.63) is 35.4 Å². The Hall–Kier alpha value is -2.02. The summed E-state index contributed by atoms with van der Waals surface area (Å²) in [5, 5.41) is 8.74. The summed E-state index contributed by atoms with van der Waals surface area (Å²) in [7, 11) is 0. The van der Waals surface area contributed by atoms with Gasteiger partial charge in [0.1, 0.15) is 11.3 Å². The number of alkyl halides is 3. The predicted molar refractivity (Wildman–Crippen MR) is 58.2 cm³/mol. The van der Waals surface area contributed by atoms with E-state index in [9.17, 15) is 18.0 Å². The zero-order valence-electron chi connectivity index (χ0n) is 9.07. The summed E-state index contributed by atoms with van der Waals surface area (Å²) >= 11 is 0. The second kappa shape index (κ2) is 5.54. The van der Waals surface area contributed by atoms with Crippen molar-refractivity contribution in [3.8, 4) is 5.75 Å². The Morgan fingerprint density at radius 3 is 2.61 bits per heavy atom. The van der Waals surface area contributed by atoms with E-state index in [1.807, 2.05) is 0 Å². The Bertz CT molecular complexity index is 469. The van der Waals surface area contributed by atoms with Crippen LogP contribution >= 0.6 is 0 Å². The average Bonchev–Trinajstić information content (AvgIpc) is 2.23. The summed E-state index contributed by atoms with van der Waals surface area (Å²) in [6.45, 7) is 0.218. The molecule has 0 atom stereocenters. The first-order valence-corrected chi connectivity index (χ1v) is 4.83. The van der Waals surface area contributed by atoms with E-state index in [4.69, 9.17) is 10.8 Å². The highest BCUT2D eigenvalue weighted by molar-refractivity contribution is 5.91. The Morgan fingerprint density at radius 2 is 2.11 bits per heavy atom. The molecule has 0 unspecified atom stereocenters. The normalized spacial score (nSPS) is 11.8. The maximum absolute atomic E-state index is 12.1. The van der Waals surface area contributed by atoms with Gasteiger partial charge in [0.25, 0.3) is 0 Å². The number of rotatable bonds is 4. The molecule has 0 bridgehead atoms. The number of hydrogen-bond donors (Lipinski definition) is 2. The lowest BCUT2D eigenvalue weighted by atomic mass is 10.1. The molecular formula is C11H10F3NO3. The molecular weight excluding hydrogens is 251 g/mol. The molecule has 0 fully saturated rings. The van der Waals surface area contributed by atoms with Gasteiger partial charge in [-0.15, -0.1) is 13.2 Å². The van der Waals surface area contributed by atoms with Crippen molar-refractivity contribution in [1.82, 2.24) is 0 Å². The molecule has 1 aromatic carbocycles. The molecule has 1 aromatic rings. The van der Waals surface area contributed by atoms with Gasteiger partial charge in [-0.3, -0.25) is 0 Å². The number of halogens is 3. The zero-order chi connectivity index (χ0) is 13.8. The molecule has 0 saturated heterocycles. The number of benzene rings is 1. The minimum atomic E-state index is -4.94. The number of carboxylic acids is 1. The van der Waals surface area contributed by atoms with E-state index < -0.39 is 23.6 Å². The van der Waals surface area contributed by atoms with Crippen LogP contribution in [0.15, 0.2) is 24.3 Å². The van der Waals surface area contributed by atoms with Gasteiger partial charge in [-0.2, -0.15) is 0 Å². The molecule has 0 spiro atoms. The summed E-state index contributed by atoms with van der Waals surface area (Å²) < 4.78 is 40.0. The van der Waals surface area contributed by atoms with Crippen LogP contribution in [0.1, 0.15) is 15.9 Å². The van der Waals surface area contributed by atoms with Crippen LogP contribution < -0.4 is 10.5 Å². The molecule has 0 amide bonds. The number of aromatic carboxylic acids is 1. The monoisotopic (exact) mass is 261 g/mol. The van der Waals surface area contributed by atoms with E-state index in [0.717, 1.165) is 12.1 Å². The maximum Gasteiger partial charge on any atom is 0.573 e. The van der Waals surface area contributed by atoms with Crippen LogP contribution in [0.3, 0.4) is 0 Å². The first-order valence-electron chi connectivity index (χ1n) is 4.83. The van der Waals surface area contributed by atoms with Crippen molar-refractivity contribution < 1.29 is 27.8 Å². The molecule has 0 aliphatic carbocycles. The predicted octanol–water partition coefficient (Wildman–Crippen LogP) is 2.26. The number of ether oxygens (including phenoxy) is 1. The van der Waals surface area contributed by atoms with Crippen LogP contribution in [0.4, 0.5) is 13.2 Å². The quantitative estimate of drug-likeness (QED) is 0.871. The fourth-order valence-electron chi connectivity index (χ4n) is 1.23. The van der Waals surface area contributed by atoms with E-state index in [2.05, 4.69) is 4.74 Å². The summed E-state index contributed by atoms with van der Waals surface area (Å²) in [4.78, 5) is 10.7. The summed E-state index contributed by atoms with van der Waals surface area (Å²) in [5.74, 6) is -2.25. The minimum Gasteiger partial charge on any atom is -0.478 e. The lowest BCUT2D eigenvalue weighted by molar-refractivity contribution is -0.274. The third-order valence-electron chi connectivity index (χ3n) is 1.91. The smallest absolute Gasteiger partial charge is 0.478 e. The van der Waals surface area contributed by atoms with Crippen molar-refractivity contribution in [2.24, 2.45) is 5.73 Å². The highest BCUT2D eigenvalue weighted by Crippen LogP contribution is 2.28. The van der Waals surface area contributed by atoms with Crippen molar-refractivity contribution in [3.63, 3.8) is 0 Å². The molecule has 3 N–H and O–H groups in total. The fraction of sp³-hybridized carbons (Fsp3) is 0.182. The van der Waals surface area contributed by atoms with Gasteiger partial charge in [0.05, 0.1) is 0 Å². The zero-order valence-corrected chi connectivity index (χ0v) is 9.07. The summed E-state index contributed by atoms with van der Waals surface area (Å²) in [6.07, 6.45) is -1.96. The Balaban J connectivity index is 3.15. The molecule has 0 heterocycles. The van der Waals surface area contributed by atoms with Gasteiger partial charge < -0.3 is 15.6 Å². The lowest BCUT2D eigenvalue weighted by Crippen LogP contribution is -2.19. The largest absolute Gasteiger partial charge is 0.573 e. The van der Waals surface area contributed by atoms with E-state index in [-0.39, 0.29) is 6.54 Å². The van der Waals surface area contributed by atoms with Gasteiger partial charge in [-0.1, -0.05) is 18.2 Å². The molecule has 7 heteroatoms.